The van der Waals surface area contributed by atoms with Crippen molar-refractivity contribution in [2.75, 3.05) is 74.5 Å². The van der Waals surface area contributed by atoms with Crippen molar-refractivity contribution in [3.8, 4) is 11.5 Å². The van der Waals surface area contributed by atoms with Crippen LogP contribution in [0.4, 0.5) is 22.7 Å². The Balaban J connectivity index is 1.46. The Morgan fingerprint density at radius 3 is 1.44 bits per heavy atom. The lowest BCUT2D eigenvalue weighted by Crippen LogP contribution is -2.27. The Labute approximate surface area is 244 Å². The van der Waals surface area contributed by atoms with E-state index in [1.54, 1.807) is 0 Å². The van der Waals surface area contributed by atoms with Crippen LogP contribution in [0.2, 0.25) is 0 Å². The predicted molar refractivity (Wildman–Crippen MR) is 169 cm³/mol. The molecule has 0 aromatic heterocycles. The fourth-order valence-corrected chi connectivity index (χ4v) is 5.43. The maximum atomic E-state index is 6.92. The van der Waals surface area contributed by atoms with E-state index in [4.69, 9.17) is 4.74 Å². The van der Waals surface area contributed by atoms with Crippen molar-refractivity contribution >= 4 is 22.7 Å². The number of benzene rings is 2. The SMILES string of the molecule is CN1C=CN(c2cc(Oc3cc(N4C=CN(C)C4)c(N4C=CN(C)C4)cc3N3C=CN(C)C3)cc(C(C)(C)C)c2)C1. The molecule has 4 aliphatic heterocycles. The lowest BCUT2D eigenvalue weighted by Gasteiger charge is -2.30. The van der Waals surface area contributed by atoms with Gasteiger partial charge in [-0.3, -0.25) is 0 Å². The third kappa shape index (κ3) is 5.49. The Bertz CT molecular complexity index is 1420. The summed E-state index contributed by atoms with van der Waals surface area (Å²) in [6.07, 6.45) is 17.0. The molecule has 216 valence electrons. The van der Waals surface area contributed by atoms with Gasteiger partial charge in [-0.25, -0.2) is 0 Å². The average molecular weight is 555 g/mol. The van der Waals surface area contributed by atoms with E-state index in [9.17, 15) is 0 Å². The van der Waals surface area contributed by atoms with Gasteiger partial charge in [-0.05, 0) is 29.2 Å². The standard InChI is InChI=1S/C32H42N8O/c1-32(2,3)25-16-26(37-12-8-33(4)21-37)18-27(17-25)41-31-20-29(39-14-10-35(6)23-39)28(38-13-9-34(5)22-38)19-30(31)40-15-11-36(7)24-40/h8-20H,21-24H2,1-7H3. The van der Waals surface area contributed by atoms with Gasteiger partial charge in [0.05, 0.1) is 43.7 Å². The van der Waals surface area contributed by atoms with Crippen LogP contribution in [-0.4, -0.2) is 74.5 Å². The molecule has 0 fully saturated rings. The number of nitrogens with zero attached hydrogens (tertiary/aromatic N) is 8. The number of ether oxygens (including phenoxy) is 1. The van der Waals surface area contributed by atoms with Crippen molar-refractivity contribution in [1.29, 1.82) is 0 Å². The highest BCUT2D eigenvalue weighted by molar-refractivity contribution is 5.83. The van der Waals surface area contributed by atoms with E-state index in [0.29, 0.717) is 0 Å². The van der Waals surface area contributed by atoms with Crippen LogP contribution >= 0.6 is 0 Å². The summed E-state index contributed by atoms with van der Waals surface area (Å²) in [6, 6.07) is 11.1. The molecule has 2 aromatic carbocycles. The molecule has 9 nitrogen and oxygen atoms in total. The molecule has 0 radical (unpaired) electrons. The van der Waals surface area contributed by atoms with Gasteiger partial charge >= 0.3 is 0 Å². The molecule has 0 N–H and O–H groups in total. The van der Waals surface area contributed by atoms with Crippen molar-refractivity contribution in [2.45, 2.75) is 26.2 Å². The first-order valence-electron chi connectivity index (χ1n) is 14.2. The highest BCUT2D eigenvalue weighted by Crippen LogP contribution is 2.45. The maximum Gasteiger partial charge on any atom is 0.153 e. The molecule has 2 aromatic rings. The van der Waals surface area contributed by atoms with Crippen LogP contribution in [0.5, 0.6) is 11.5 Å². The number of hydrogen-bond donors (Lipinski definition) is 0. The van der Waals surface area contributed by atoms with E-state index >= 15 is 0 Å². The normalized spacial score (nSPS) is 18.4. The van der Waals surface area contributed by atoms with Crippen LogP contribution in [0, 0.1) is 0 Å². The Morgan fingerprint density at radius 2 is 0.976 bits per heavy atom. The zero-order valence-electron chi connectivity index (χ0n) is 25.3. The van der Waals surface area contributed by atoms with E-state index in [0.717, 1.165) is 60.9 Å². The predicted octanol–water partition coefficient (Wildman–Crippen LogP) is 5.50. The average Bonchev–Trinajstić information content (AvgIpc) is 3.72. The van der Waals surface area contributed by atoms with Gasteiger partial charge in [0.2, 0.25) is 0 Å². The quantitative estimate of drug-likeness (QED) is 0.460. The van der Waals surface area contributed by atoms with Crippen LogP contribution in [0.3, 0.4) is 0 Å². The highest BCUT2D eigenvalue weighted by atomic mass is 16.5. The number of anilines is 4. The van der Waals surface area contributed by atoms with Gasteiger partial charge in [0.25, 0.3) is 0 Å². The van der Waals surface area contributed by atoms with Crippen LogP contribution in [-0.2, 0) is 5.41 Å². The molecule has 0 saturated heterocycles. The molecule has 0 amide bonds. The molecule has 0 unspecified atom stereocenters. The molecule has 0 spiro atoms. The molecule has 4 heterocycles. The van der Waals surface area contributed by atoms with Gasteiger partial charge in [-0.2, -0.15) is 0 Å². The van der Waals surface area contributed by atoms with Crippen molar-refractivity contribution < 1.29 is 4.74 Å². The van der Waals surface area contributed by atoms with Crippen molar-refractivity contribution in [3.63, 3.8) is 0 Å². The molecule has 4 aliphatic rings. The molecule has 9 heteroatoms. The second kappa shape index (κ2) is 10.2. The van der Waals surface area contributed by atoms with E-state index in [-0.39, 0.29) is 5.41 Å². The minimum Gasteiger partial charge on any atom is -0.455 e. The van der Waals surface area contributed by atoms with E-state index in [1.807, 2.05) is 0 Å². The third-order valence-electron chi connectivity index (χ3n) is 7.81. The minimum absolute atomic E-state index is 0.0270. The molecule has 41 heavy (non-hydrogen) atoms. The maximum absolute atomic E-state index is 6.92. The molecular weight excluding hydrogens is 512 g/mol. The lowest BCUT2D eigenvalue weighted by molar-refractivity contribution is 0.467. The van der Waals surface area contributed by atoms with E-state index in [1.165, 1.54) is 5.56 Å². The summed E-state index contributed by atoms with van der Waals surface area (Å²) >= 11 is 0. The smallest absolute Gasteiger partial charge is 0.153 e. The highest BCUT2D eigenvalue weighted by Gasteiger charge is 2.27. The van der Waals surface area contributed by atoms with Crippen LogP contribution < -0.4 is 24.3 Å². The van der Waals surface area contributed by atoms with E-state index < -0.39 is 0 Å². The Kier molecular flexibility index (Phi) is 6.68. The summed E-state index contributed by atoms with van der Waals surface area (Å²) < 4.78 is 6.92. The first-order chi connectivity index (χ1) is 19.5. The molecule has 0 aliphatic carbocycles. The van der Waals surface area contributed by atoms with Crippen molar-refractivity contribution in [2.24, 2.45) is 0 Å². The molecule has 6 rings (SSSR count). The van der Waals surface area contributed by atoms with Gasteiger partial charge < -0.3 is 43.9 Å². The zero-order valence-corrected chi connectivity index (χ0v) is 25.3. The van der Waals surface area contributed by atoms with Gasteiger partial charge in [0, 0.05) is 95.6 Å². The van der Waals surface area contributed by atoms with Gasteiger partial charge in [0.15, 0.2) is 5.75 Å². The van der Waals surface area contributed by atoms with Gasteiger partial charge in [-0.1, -0.05) is 20.8 Å². The third-order valence-corrected chi connectivity index (χ3v) is 7.81. The number of hydrogen-bond acceptors (Lipinski definition) is 9. The molecule has 0 saturated carbocycles. The van der Waals surface area contributed by atoms with Crippen LogP contribution in [0.25, 0.3) is 0 Å². The van der Waals surface area contributed by atoms with E-state index in [2.05, 4.69) is 168 Å². The number of rotatable bonds is 6. The van der Waals surface area contributed by atoms with Gasteiger partial charge in [0.1, 0.15) is 5.75 Å². The lowest BCUT2D eigenvalue weighted by atomic mass is 9.86. The summed E-state index contributed by atoms with van der Waals surface area (Å²) in [5, 5.41) is 0. The second-order valence-corrected chi connectivity index (χ2v) is 12.5. The zero-order chi connectivity index (χ0) is 28.9. The fourth-order valence-electron chi connectivity index (χ4n) is 5.43. The first-order valence-corrected chi connectivity index (χ1v) is 14.2. The Morgan fingerprint density at radius 1 is 0.512 bits per heavy atom. The van der Waals surface area contributed by atoms with Crippen LogP contribution in [0.15, 0.2) is 79.9 Å². The van der Waals surface area contributed by atoms with Crippen LogP contribution in [0.1, 0.15) is 26.3 Å². The monoisotopic (exact) mass is 554 g/mol. The topological polar surface area (TPSA) is 35.2 Å². The molecular formula is C32H42N8O. The fraction of sp³-hybridized carbons (Fsp3) is 0.375. The van der Waals surface area contributed by atoms with Crippen molar-refractivity contribution in [1.82, 2.24) is 19.6 Å². The molecule has 0 atom stereocenters. The summed E-state index contributed by atoms with van der Waals surface area (Å²) in [5.74, 6) is 1.66. The summed E-state index contributed by atoms with van der Waals surface area (Å²) in [6.45, 7) is 9.91. The first kappa shape index (κ1) is 26.8. The Hall–Kier alpha value is -4.40. The minimum atomic E-state index is -0.0270. The summed E-state index contributed by atoms with van der Waals surface area (Å²) in [4.78, 5) is 17.8. The van der Waals surface area contributed by atoms with Crippen molar-refractivity contribution in [3.05, 3.63) is 85.5 Å². The summed E-state index contributed by atoms with van der Waals surface area (Å²) in [7, 11) is 8.38. The van der Waals surface area contributed by atoms with Gasteiger partial charge in [-0.15, -0.1) is 0 Å². The largest absolute Gasteiger partial charge is 0.455 e. The second-order valence-electron chi connectivity index (χ2n) is 12.5. The summed E-state index contributed by atoms with van der Waals surface area (Å²) in [5.41, 5.74) is 5.62. The molecule has 0 bridgehead atoms.